The van der Waals surface area contributed by atoms with Crippen LogP contribution in [0, 0.1) is 18.8 Å². The fourth-order valence-electron chi connectivity index (χ4n) is 5.64. The van der Waals surface area contributed by atoms with Crippen LogP contribution >= 0.6 is 11.3 Å². The lowest BCUT2D eigenvalue weighted by atomic mass is 9.94. The molecule has 4 heterocycles. The molecule has 6 rings (SSSR count). The molecule has 1 saturated carbocycles. The van der Waals surface area contributed by atoms with Gasteiger partial charge in [-0.15, -0.1) is 11.3 Å². The second kappa shape index (κ2) is 9.00. The van der Waals surface area contributed by atoms with Crippen LogP contribution in [0.2, 0.25) is 0 Å². The Balaban J connectivity index is 1.42. The summed E-state index contributed by atoms with van der Waals surface area (Å²) in [6.45, 7) is 7.06. The maximum Gasteiger partial charge on any atom is 0.416 e. The van der Waals surface area contributed by atoms with Gasteiger partial charge in [-0.25, -0.2) is 9.97 Å². The van der Waals surface area contributed by atoms with Gasteiger partial charge < -0.3 is 15.3 Å². The molecule has 196 valence electrons. The number of rotatable bonds is 5. The van der Waals surface area contributed by atoms with E-state index in [0.717, 1.165) is 36.5 Å². The lowest BCUT2D eigenvalue weighted by Crippen LogP contribution is -2.49. The number of fused-ring (bicyclic) bond motifs is 2. The minimum Gasteiger partial charge on any atom is -0.373 e. The molecule has 3 aliphatic rings. The quantitative estimate of drug-likeness (QED) is 0.522. The molecule has 0 spiro atoms. The number of nitrogens with zero attached hydrogens (tertiary/aromatic N) is 4. The molecule has 1 aromatic carbocycles. The fourth-order valence-corrected chi connectivity index (χ4v) is 6.75. The Labute approximate surface area is 216 Å². The number of benzene rings is 1. The predicted octanol–water partition coefficient (Wildman–Crippen LogP) is 3.78. The van der Waals surface area contributed by atoms with Gasteiger partial charge in [0, 0.05) is 54.5 Å². The molecular formula is C26H28F3N5O2S. The van der Waals surface area contributed by atoms with Gasteiger partial charge in [0.25, 0.3) is 0 Å². The highest BCUT2D eigenvalue weighted by atomic mass is 32.1. The first-order valence-electron chi connectivity index (χ1n) is 12.5. The molecule has 2 saturated heterocycles. The van der Waals surface area contributed by atoms with Gasteiger partial charge >= 0.3 is 6.18 Å². The number of aliphatic hydroxyl groups is 1. The monoisotopic (exact) mass is 531 g/mol. The first-order valence-corrected chi connectivity index (χ1v) is 13.3. The van der Waals surface area contributed by atoms with Crippen LogP contribution in [0.15, 0.2) is 24.5 Å². The van der Waals surface area contributed by atoms with E-state index in [2.05, 4.69) is 27.1 Å². The van der Waals surface area contributed by atoms with Crippen molar-refractivity contribution >= 4 is 27.5 Å². The molecule has 0 bridgehead atoms. The van der Waals surface area contributed by atoms with Crippen LogP contribution in [0.5, 0.6) is 0 Å². The number of aromatic nitrogens is 2. The number of piperazine rings is 1. The Morgan fingerprint density at radius 3 is 2.73 bits per heavy atom. The summed E-state index contributed by atoms with van der Waals surface area (Å²) in [4.78, 5) is 25.9. The maximum atomic E-state index is 13.9. The highest BCUT2D eigenvalue weighted by molar-refractivity contribution is 7.19. The normalized spacial score (nSPS) is 26.2. The molecule has 2 aromatic heterocycles. The first-order chi connectivity index (χ1) is 17.6. The van der Waals surface area contributed by atoms with Crippen LogP contribution in [0.4, 0.5) is 13.2 Å². The number of carbonyl (C=O) groups excluding carboxylic acids is 1. The number of hydrogen-bond acceptors (Lipinski definition) is 7. The molecule has 4 atom stereocenters. The van der Waals surface area contributed by atoms with Crippen LogP contribution in [0.3, 0.4) is 0 Å². The third-order valence-electron chi connectivity index (χ3n) is 7.89. The summed E-state index contributed by atoms with van der Waals surface area (Å²) < 4.78 is 42.3. The molecule has 3 aromatic rings. The predicted molar refractivity (Wildman–Crippen MR) is 133 cm³/mol. The molecule has 1 amide bonds. The minimum atomic E-state index is -4.49. The van der Waals surface area contributed by atoms with Gasteiger partial charge in [0.1, 0.15) is 12.6 Å². The van der Waals surface area contributed by atoms with Crippen molar-refractivity contribution < 1.29 is 23.1 Å². The molecule has 37 heavy (non-hydrogen) atoms. The lowest BCUT2D eigenvalue weighted by Gasteiger charge is -2.35. The molecule has 2 N–H and O–H groups in total. The molecule has 7 nitrogen and oxygen atoms in total. The number of hydrogen-bond donors (Lipinski definition) is 2. The number of thiophene rings is 1. The highest BCUT2D eigenvalue weighted by Gasteiger charge is 2.58. The van der Waals surface area contributed by atoms with Crippen molar-refractivity contribution in [1.82, 2.24) is 25.1 Å². The van der Waals surface area contributed by atoms with Gasteiger partial charge in [-0.05, 0) is 49.6 Å². The second-order valence-corrected chi connectivity index (χ2v) is 11.5. The zero-order chi connectivity index (χ0) is 26.1. The molecule has 2 aliphatic heterocycles. The Bertz CT molecular complexity index is 1380. The molecule has 1 aliphatic carbocycles. The summed E-state index contributed by atoms with van der Waals surface area (Å²) in [6, 6.07) is 4.51. The summed E-state index contributed by atoms with van der Waals surface area (Å²) in [5.74, 6) is -0.106. The van der Waals surface area contributed by atoms with Gasteiger partial charge in [0.2, 0.25) is 5.91 Å². The standard InChI is InChI=1S/C26H28F3N5O2S/c1-13-5-15(26(27,28)29)6-17(20(13)11-33-4-3-30-9-14(33)2)22-23-21(31-12-32-22)7-16(37-23)10-34-24(35)18-8-19(18)25(34)36/h5-7,12,14,18-19,24,30,35H,3-4,8-11H2,1-2H3/t14-,18?,19?,24?/m0/s1. The van der Waals surface area contributed by atoms with E-state index in [1.54, 1.807) is 6.92 Å². The van der Waals surface area contributed by atoms with E-state index in [9.17, 15) is 23.1 Å². The average Bonchev–Trinajstić information content (AvgIpc) is 3.49. The fraction of sp³-hybridized carbons (Fsp3) is 0.500. The van der Waals surface area contributed by atoms with E-state index in [4.69, 9.17) is 0 Å². The summed E-state index contributed by atoms with van der Waals surface area (Å²) in [5, 5.41) is 13.8. The van der Waals surface area contributed by atoms with Gasteiger partial charge in [0.15, 0.2) is 0 Å². The van der Waals surface area contributed by atoms with E-state index in [1.807, 2.05) is 6.07 Å². The van der Waals surface area contributed by atoms with Crippen molar-refractivity contribution in [2.45, 2.75) is 51.8 Å². The number of likely N-dealkylation sites (tertiary alicyclic amines) is 1. The van der Waals surface area contributed by atoms with Crippen molar-refractivity contribution in [1.29, 1.82) is 0 Å². The van der Waals surface area contributed by atoms with Crippen LogP contribution in [0.25, 0.3) is 21.5 Å². The number of amides is 1. The van der Waals surface area contributed by atoms with Crippen molar-refractivity contribution in [3.63, 3.8) is 0 Å². The first kappa shape index (κ1) is 24.7. The third-order valence-corrected chi connectivity index (χ3v) is 9.00. The van der Waals surface area contributed by atoms with Gasteiger partial charge in [-0.2, -0.15) is 13.2 Å². The van der Waals surface area contributed by atoms with E-state index >= 15 is 0 Å². The number of halogens is 3. The molecule has 3 unspecified atom stereocenters. The van der Waals surface area contributed by atoms with Gasteiger partial charge in [-0.3, -0.25) is 9.69 Å². The number of piperidine rings is 1. The van der Waals surface area contributed by atoms with Crippen molar-refractivity contribution in [2.75, 3.05) is 19.6 Å². The highest BCUT2D eigenvalue weighted by Crippen LogP contribution is 2.50. The summed E-state index contributed by atoms with van der Waals surface area (Å²) in [5.41, 5.74) is 2.23. The van der Waals surface area contributed by atoms with Crippen LogP contribution < -0.4 is 5.32 Å². The molecule has 11 heteroatoms. The van der Waals surface area contributed by atoms with Gasteiger partial charge in [-0.1, -0.05) is 0 Å². The van der Waals surface area contributed by atoms with Crippen LogP contribution in [0.1, 0.15) is 34.9 Å². The average molecular weight is 532 g/mol. The number of nitrogens with one attached hydrogen (secondary N) is 1. The Morgan fingerprint density at radius 1 is 1.22 bits per heavy atom. The van der Waals surface area contributed by atoms with Crippen LogP contribution in [-0.2, 0) is 24.1 Å². The number of aryl methyl sites for hydroxylation is 1. The van der Waals surface area contributed by atoms with E-state index < -0.39 is 18.0 Å². The largest absolute Gasteiger partial charge is 0.416 e. The minimum absolute atomic E-state index is 0.0141. The number of carbonyl (C=O) groups is 1. The third kappa shape index (κ3) is 4.41. The Hall–Kier alpha value is -2.60. The summed E-state index contributed by atoms with van der Waals surface area (Å²) in [7, 11) is 0. The van der Waals surface area contributed by atoms with Crippen molar-refractivity contribution in [3.05, 3.63) is 46.1 Å². The SMILES string of the molecule is Cc1cc(C(F)(F)F)cc(-c2ncnc3cc(CN4C(=O)C5CC5C4O)sc23)c1CN1CCNC[C@@H]1C. The maximum absolute atomic E-state index is 13.9. The number of alkyl halides is 3. The summed E-state index contributed by atoms with van der Waals surface area (Å²) >= 11 is 1.37. The zero-order valence-electron chi connectivity index (χ0n) is 20.5. The zero-order valence-corrected chi connectivity index (χ0v) is 21.4. The van der Waals surface area contributed by atoms with Gasteiger partial charge in [0.05, 0.1) is 28.0 Å². The lowest BCUT2D eigenvalue weighted by molar-refractivity contribution is -0.138. The summed E-state index contributed by atoms with van der Waals surface area (Å²) in [6.07, 6.45) is -3.15. The van der Waals surface area contributed by atoms with Crippen molar-refractivity contribution in [3.8, 4) is 11.3 Å². The second-order valence-electron chi connectivity index (χ2n) is 10.4. The van der Waals surface area contributed by atoms with E-state index in [1.165, 1.54) is 34.7 Å². The number of aliphatic hydroxyl groups excluding tert-OH is 1. The topological polar surface area (TPSA) is 81.6 Å². The van der Waals surface area contributed by atoms with Crippen LogP contribution in [-0.4, -0.2) is 62.7 Å². The molecule has 3 fully saturated rings. The Kier molecular flexibility index (Phi) is 6.02. The molecular weight excluding hydrogens is 503 g/mol. The Morgan fingerprint density at radius 2 is 2.03 bits per heavy atom. The van der Waals surface area contributed by atoms with Crippen molar-refractivity contribution in [2.24, 2.45) is 11.8 Å². The molecule has 0 radical (unpaired) electrons. The van der Waals surface area contributed by atoms with E-state index in [-0.39, 0.29) is 30.3 Å². The smallest absolute Gasteiger partial charge is 0.373 e. The van der Waals surface area contributed by atoms with E-state index in [0.29, 0.717) is 33.6 Å².